The number of hydrogen-bond acceptors (Lipinski definition) is 0. The molecule has 0 aliphatic rings. The van der Waals surface area contributed by atoms with Crippen LogP contribution in [0.15, 0.2) is 12.1 Å². The maximum Gasteiger partial charge on any atom is 0.162 e. The molecule has 3 heteroatoms. The van der Waals surface area contributed by atoms with Crippen LogP contribution in [0.1, 0.15) is 31.7 Å². The van der Waals surface area contributed by atoms with Crippen molar-refractivity contribution in [1.29, 1.82) is 0 Å². The second-order valence-electron chi connectivity index (χ2n) is 3.10. The van der Waals surface area contributed by atoms with E-state index in [1.54, 1.807) is 6.92 Å². The van der Waals surface area contributed by atoms with Crippen LogP contribution in [0, 0.1) is 17.5 Å². The van der Waals surface area contributed by atoms with E-state index >= 15 is 0 Å². The third-order valence-electron chi connectivity index (χ3n) is 2.16. The molecular weight excluding hydrogens is 177 g/mol. The second-order valence-corrected chi connectivity index (χ2v) is 3.10. The van der Waals surface area contributed by atoms with Gasteiger partial charge in [0.05, 0.1) is 0 Å². The predicted molar refractivity (Wildman–Crippen MR) is 45.0 cm³/mol. The Balaban J connectivity index is 3.20. The predicted octanol–water partition coefficient (Wildman–Crippen LogP) is 3.62. The van der Waals surface area contributed by atoms with Crippen molar-refractivity contribution in [3.05, 3.63) is 35.1 Å². The molecule has 0 aliphatic heterocycles. The van der Waals surface area contributed by atoms with E-state index in [9.17, 15) is 13.2 Å². The van der Waals surface area contributed by atoms with Crippen LogP contribution in [0.4, 0.5) is 13.2 Å². The summed E-state index contributed by atoms with van der Waals surface area (Å²) in [4.78, 5) is 0. The van der Waals surface area contributed by atoms with E-state index in [0.717, 1.165) is 6.07 Å². The largest absolute Gasteiger partial charge is 0.207 e. The fourth-order valence-corrected chi connectivity index (χ4v) is 1.15. The molecule has 0 aromatic heterocycles. The van der Waals surface area contributed by atoms with E-state index < -0.39 is 17.5 Å². The van der Waals surface area contributed by atoms with Crippen molar-refractivity contribution in [2.75, 3.05) is 0 Å². The minimum Gasteiger partial charge on any atom is -0.207 e. The Bertz CT molecular complexity index is 307. The standard InChI is InChI=1S/C10H11F3/c1-3-6(2)8-4-7(11)5-9(12)10(8)13/h4-6H,3H2,1-2H3. The van der Waals surface area contributed by atoms with Gasteiger partial charge in [0.15, 0.2) is 11.6 Å². The van der Waals surface area contributed by atoms with Gasteiger partial charge in [0, 0.05) is 6.07 Å². The molecule has 1 aromatic rings. The van der Waals surface area contributed by atoms with Crippen molar-refractivity contribution >= 4 is 0 Å². The Morgan fingerprint density at radius 2 is 1.85 bits per heavy atom. The molecule has 0 fully saturated rings. The van der Waals surface area contributed by atoms with Crippen LogP contribution in [0.5, 0.6) is 0 Å². The van der Waals surface area contributed by atoms with Gasteiger partial charge in [-0.15, -0.1) is 0 Å². The van der Waals surface area contributed by atoms with Crippen molar-refractivity contribution in [2.24, 2.45) is 0 Å². The van der Waals surface area contributed by atoms with Crippen LogP contribution in [0.2, 0.25) is 0 Å². The Morgan fingerprint density at radius 3 is 2.38 bits per heavy atom. The fraction of sp³-hybridized carbons (Fsp3) is 0.400. The van der Waals surface area contributed by atoms with Gasteiger partial charge < -0.3 is 0 Å². The number of rotatable bonds is 2. The normalized spacial score (nSPS) is 13.0. The highest BCUT2D eigenvalue weighted by atomic mass is 19.2. The van der Waals surface area contributed by atoms with Crippen molar-refractivity contribution in [1.82, 2.24) is 0 Å². The first-order valence-corrected chi connectivity index (χ1v) is 4.20. The van der Waals surface area contributed by atoms with Crippen LogP contribution >= 0.6 is 0 Å². The van der Waals surface area contributed by atoms with Gasteiger partial charge in [-0.05, 0) is 24.0 Å². The molecule has 0 aliphatic carbocycles. The molecule has 13 heavy (non-hydrogen) atoms. The van der Waals surface area contributed by atoms with Crippen LogP contribution in [-0.2, 0) is 0 Å². The quantitative estimate of drug-likeness (QED) is 0.622. The summed E-state index contributed by atoms with van der Waals surface area (Å²) in [6.07, 6.45) is 0.653. The zero-order valence-corrected chi connectivity index (χ0v) is 7.57. The Labute approximate surface area is 75.4 Å². The third-order valence-corrected chi connectivity index (χ3v) is 2.16. The molecule has 0 radical (unpaired) electrons. The summed E-state index contributed by atoms with van der Waals surface area (Å²) in [6, 6.07) is 1.60. The summed E-state index contributed by atoms with van der Waals surface area (Å²) in [7, 11) is 0. The summed E-state index contributed by atoms with van der Waals surface area (Å²) in [5.74, 6) is -2.94. The highest BCUT2D eigenvalue weighted by Gasteiger charge is 2.14. The lowest BCUT2D eigenvalue weighted by Gasteiger charge is -2.10. The number of halogens is 3. The summed E-state index contributed by atoms with van der Waals surface area (Å²) < 4.78 is 38.5. The van der Waals surface area contributed by atoms with Gasteiger partial charge in [-0.1, -0.05) is 13.8 Å². The molecule has 0 spiro atoms. The van der Waals surface area contributed by atoms with Gasteiger partial charge in [-0.2, -0.15) is 0 Å². The molecule has 0 N–H and O–H groups in total. The topological polar surface area (TPSA) is 0 Å². The highest BCUT2D eigenvalue weighted by Crippen LogP contribution is 2.24. The summed E-state index contributed by atoms with van der Waals surface area (Å²) in [6.45, 7) is 3.57. The molecule has 0 amide bonds. The van der Waals surface area contributed by atoms with E-state index in [0.29, 0.717) is 12.5 Å². The fourth-order valence-electron chi connectivity index (χ4n) is 1.15. The monoisotopic (exact) mass is 188 g/mol. The van der Waals surface area contributed by atoms with Crippen LogP contribution in [0.25, 0.3) is 0 Å². The first-order valence-electron chi connectivity index (χ1n) is 4.20. The van der Waals surface area contributed by atoms with Gasteiger partial charge in [-0.25, -0.2) is 13.2 Å². The molecule has 0 nitrogen and oxygen atoms in total. The van der Waals surface area contributed by atoms with Crippen molar-refractivity contribution in [3.8, 4) is 0 Å². The summed E-state index contributed by atoms with van der Waals surface area (Å²) >= 11 is 0. The Morgan fingerprint density at radius 1 is 1.23 bits per heavy atom. The molecular formula is C10H11F3. The molecule has 0 saturated carbocycles. The van der Waals surface area contributed by atoms with Crippen molar-refractivity contribution < 1.29 is 13.2 Å². The van der Waals surface area contributed by atoms with E-state index in [1.807, 2.05) is 6.92 Å². The Hall–Kier alpha value is -0.990. The lowest BCUT2D eigenvalue weighted by atomic mass is 9.98. The van der Waals surface area contributed by atoms with Crippen molar-refractivity contribution in [2.45, 2.75) is 26.2 Å². The van der Waals surface area contributed by atoms with Gasteiger partial charge in [-0.3, -0.25) is 0 Å². The summed E-state index contributed by atoms with van der Waals surface area (Å²) in [5.41, 5.74) is 0.111. The van der Waals surface area contributed by atoms with E-state index in [2.05, 4.69) is 0 Å². The van der Waals surface area contributed by atoms with Gasteiger partial charge in [0.25, 0.3) is 0 Å². The molecule has 1 unspecified atom stereocenters. The Kier molecular flexibility index (Phi) is 2.96. The average molecular weight is 188 g/mol. The summed E-state index contributed by atoms with van der Waals surface area (Å²) in [5, 5.41) is 0. The van der Waals surface area contributed by atoms with Gasteiger partial charge >= 0.3 is 0 Å². The first-order chi connectivity index (χ1) is 6.06. The molecule has 0 heterocycles. The first kappa shape index (κ1) is 10.1. The van der Waals surface area contributed by atoms with Gasteiger partial charge in [0.2, 0.25) is 0 Å². The van der Waals surface area contributed by atoms with Crippen LogP contribution in [-0.4, -0.2) is 0 Å². The SMILES string of the molecule is CCC(C)c1cc(F)cc(F)c1F. The minimum absolute atomic E-state index is 0.111. The maximum absolute atomic E-state index is 13.1. The zero-order valence-electron chi connectivity index (χ0n) is 7.57. The average Bonchev–Trinajstić information content (AvgIpc) is 2.10. The van der Waals surface area contributed by atoms with E-state index in [1.165, 1.54) is 0 Å². The van der Waals surface area contributed by atoms with Crippen molar-refractivity contribution in [3.63, 3.8) is 0 Å². The molecule has 0 saturated heterocycles. The highest BCUT2D eigenvalue weighted by molar-refractivity contribution is 5.23. The molecule has 72 valence electrons. The van der Waals surface area contributed by atoms with Crippen LogP contribution < -0.4 is 0 Å². The smallest absolute Gasteiger partial charge is 0.162 e. The van der Waals surface area contributed by atoms with E-state index in [-0.39, 0.29) is 11.5 Å². The lowest BCUT2D eigenvalue weighted by molar-refractivity contribution is 0.475. The second kappa shape index (κ2) is 3.81. The van der Waals surface area contributed by atoms with E-state index in [4.69, 9.17) is 0 Å². The van der Waals surface area contributed by atoms with Crippen LogP contribution in [0.3, 0.4) is 0 Å². The molecule has 1 rings (SSSR count). The molecule has 0 bridgehead atoms. The molecule has 1 aromatic carbocycles. The molecule has 1 atom stereocenters. The minimum atomic E-state index is -1.12. The number of benzene rings is 1. The van der Waals surface area contributed by atoms with Gasteiger partial charge in [0.1, 0.15) is 5.82 Å². The maximum atomic E-state index is 13.1. The zero-order chi connectivity index (χ0) is 10.0. The third kappa shape index (κ3) is 2.02. The number of hydrogen-bond donors (Lipinski definition) is 0. The lowest BCUT2D eigenvalue weighted by Crippen LogP contribution is -2.00.